The molecule has 0 N–H and O–H groups in total. The highest BCUT2D eigenvalue weighted by Gasteiger charge is 2.22. The average molecular weight is 205 g/mol. The van der Waals surface area contributed by atoms with Gasteiger partial charge in [0.05, 0.1) is 0 Å². The van der Waals surface area contributed by atoms with Crippen molar-refractivity contribution in [1.29, 1.82) is 0 Å². The van der Waals surface area contributed by atoms with Gasteiger partial charge in [0.1, 0.15) is 17.9 Å². The highest BCUT2D eigenvalue weighted by molar-refractivity contribution is 5.79. The number of carbonyl (C=O) groups is 1. The van der Waals surface area contributed by atoms with Crippen LogP contribution in [0.2, 0.25) is 0 Å². The van der Waals surface area contributed by atoms with E-state index in [-0.39, 0.29) is 0 Å². The van der Waals surface area contributed by atoms with Crippen molar-refractivity contribution >= 4 is 11.6 Å². The summed E-state index contributed by atoms with van der Waals surface area (Å²) in [5.41, 5.74) is 0. The maximum atomic E-state index is 11.1. The van der Waals surface area contributed by atoms with E-state index in [1.807, 2.05) is 13.1 Å². The molecular formula is C11H15N3O. The molecule has 15 heavy (non-hydrogen) atoms. The second-order valence-corrected chi connectivity index (χ2v) is 3.95. The zero-order valence-corrected chi connectivity index (χ0v) is 8.89. The van der Waals surface area contributed by atoms with Crippen molar-refractivity contribution in [3.8, 4) is 0 Å². The molecule has 1 aromatic heterocycles. The van der Waals surface area contributed by atoms with Crippen LogP contribution in [0.15, 0.2) is 18.6 Å². The molecule has 0 unspecified atom stereocenters. The van der Waals surface area contributed by atoms with Gasteiger partial charge in [0.2, 0.25) is 0 Å². The Labute approximate surface area is 89.3 Å². The second-order valence-electron chi connectivity index (χ2n) is 3.95. The molecule has 1 fully saturated rings. The van der Waals surface area contributed by atoms with E-state index >= 15 is 0 Å². The third-order valence-corrected chi connectivity index (χ3v) is 2.99. The van der Waals surface area contributed by atoms with Crippen molar-refractivity contribution in [3.05, 3.63) is 18.6 Å². The van der Waals surface area contributed by atoms with E-state index in [9.17, 15) is 4.79 Å². The van der Waals surface area contributed by atoms with E-state index in [1.54, 1.807) is 12.5 Å². The predicted octanol–water partition coefficient (Wildman–Crippen LogP) is 1.42. The Morgan fingerprint density at radius 2 is 2.13 bits per heavy atom. The normalized spacial score (nSPS) is 17.8. The van der Waals surface area contributed by atoms with Gasteiger partial charge >= 0.3 is 0 Å². The fraction of sp³-hybridized carbons (Fsp3) is 0.545. The van der Waals surface area contributed by atoms with Crippen LogP contribution in [0.4, 0.5) is 5.82 Å². The van der Waals surface area contributed by atoms with Crippen LogP contribution in [0.1, 0.15) is 25.7 Å². The predicted molar refractivity (Wildman–Crippen MR) is 57.7 cm³/mol. The van der Waals surface area contributed by atoms with E-state index in [0.29, 0.717) is 24.7 Å². The number of anilines is 1. The molecule has 0 aromatic carbocycles. The summed E-state index contributed by atoms with van der Waals surface area (Å²) in [4.78, 5) is 21.4. The third-order valence-electron chi connectivity index (χ3n) is 2.99. The molecule has 0 aliphatic heterocycles. The van der Waals surface area contributed by atoms with Crippen LogP contribution in [0, 0.1) is 0 Å². The van der Waals surface area contributed by atoms with E-state index < -0.39 is 0 Å². The molecule has 1 aromatic rings. The summed E-state index contributed by atoms with van der Waals surface area (Å²) in [6.07, 6.45) is 6.60. The molecule has 4 nitrogen and oxygen atoms in total. The molecule has 1 saturated carbocycles. The molecule has 80 valence electrons. The maximum Gasteiger partial charge on any atom is 0.133 e. The minimum absolute atomic E-state index is 0.391. The van der Waals surface area contributed by atoms with Gasteiger partial charge in [-0.25, -0.2) is 9.97 Å². The SMILES string of the molecule is CN(c1ccncn1)C1CCC(=O)CC1. The quantitative estimate of drug-likeness (QED) is 0.732. The summed E-state index contributed by atoms with van der Waals surface area (Å²) in [6, 6.07) is 2.34. The Balaban J connectivity index is 2.02. The summed E-state index contributed by atoms with van der Waals surface area (Å²) in [6.45, 7) is 0. The third kappa shape index (κ3) is 2.32. The lowest BCUT2D eigenvalue weighted by Gasteiger charge is -2.31. The van der Waals surface area contributed by atoms with Crippen molar-refractivity contribution < 1.29 is 4.79 Å². The van der Waals surface area contributed by atoms with Gasteiger partial charge in [-0.3, -0.25) is 4.79 Å². The van der Waals surface area contributed by atoms with Crippen LogP contribution >= 0.6 is 0 Å². The van der Waals surface area contributed by atoms with Crippen molar-refractivity contribution in [2.45, 2.75) is 31.7 Å². The molecule has 1 aliphatic rings. The lowest BCUT2D eigenvalue weighted by atomic mass is 9.93. The van der Waals surface area contributed by atoms with Crippen molar-refractivity contribution in [3.63, 3.8) is 0 Å². The van der Waals surface area contributed by atoms with Crippen LogP contribution < -0.4 is 4.90 Å². The molecular weight excluding hydrogens is 190 g/mol. The van der Waals surface area contributed by atoms with Gasteiger partial charge in [0.15, 0.2) is 0 Å². The van der Waals surface area contributed by atoms with E-state index in [4.69, 9.17) is 0 Å². The standard InChI is InChI=1S/C11H15N3O/c1-14(11-6-7-12-8-13-11)9-2-4-10(15)5-3-9/h6-9H,2-5H2,1H3. The zero-order valence-electron chi connectivity index (χ0n) is 8.89. The summed E-state index contributed by atoms with van der Waals surface area (Å²) >= 11 is 0. The minimum atomic E-state index is 0.391. The van der Waals surface area contributed by atoms with Crippen LogP contribution in [-0.4, -0.2) is 28.8 Å². The van der Waals surface area contributed by atoms with Crippen LogP contribution in [-0.2, 0) is 4.79 Å². The van der Waals surface area contributed by atoms with Gasteiger partial charge in [0.25, 0.3) is 0 Å². The number of hydrogen-bond acceptors (Lipinski definition) is 4. The molecule has 4 heteroatoms. The highest BCUT2D eigenvalue weighted by Crippen LogP contribution is 2.22. The van der Waals surface area contributed by atoms with Gasteiger partial charge in [0, 0.05) is 32.1 Å². The number of Topliss-reactive ketones (excluding diaryl/α,β-unsaturated/α-hetero) is 1. The number of hydrogen-bond donors (Lipinski definition) is 0. The summed E-state index contributed by atoms with van der Waals surface area (Å²) in [5, 5.41) is 0. The monoisotopic (exact) mass is 205 g/mol. The topological polar surface area (TPSA) is 46.1 Å². The average Bonchev–Trinajstić information content (AvgIpc) is 2.30. The minimum Gasteiger partial charge on any atom is -0.357 e. The van der Waals surface area contributed by atoms with E-state index in [2.05, 4.69) is 14.9 Å². The van der Waals surface area contributed by atoms with Gasteiger partial charge < -0.3 is 4.90 Å². The van der Waals surface area contributed by atoms with Crippen LogP contribution in [0.25, 0.3) is 0 Å². The van der Waals surface area contributed by atoms with Crippen molar-refractivity contribution in [2.75, 3.05) is 11.9 Å². The van der Waals surface area contributed by atoms with Gasteiger partial charge in [-0.2, -0.15) is 0 Å². The molecule has 2 rings (SSSR count). The first-order valence-corrected chi connectivity index (χ1v) is 5.28. The molecule has 0 radical (unpaired) electrons. The number of carbonyl (C=O) groups excluding carboxylic acids is 1. The maximum absolute atomic E-state index is 11.1. The van der Waals surface area contributed by atoms with Gasteiger partial charge in [-0.1, -0.05) is 0 Å². The summed E-state index contributed by atoms with van der Waals surface area (Å²) < 4.78 is 0. The molecule has 0 spiro atoms. The summed E-state index contributed by atoms with van der Waals surface area (Å²) in [7, 11) is 2.03. The lowest BCUT2D eigenvalue weighted by molar-refractivity contribution is -0.120. The Kier molecular flexibility index (Phi) is 2.94. The smallest absolute Gasteiger partial charge is 0.133 e. The second kappa shape index (κ2) is 4.38. The molecule has 0 amide bonds. The molecule has 1 heterocycles. The first-order valence-electron chi connectivity index (χ1n) is 5.28. The molecule has 0 atom stereocenters. The Bertz CT molecular complexity index is 329. The highest BCUT2D eigenvalue weighted by atomic mass is 16.1. The number of ketones is 1. The number of rotatable bonds is 2. The van der Waals surface area contributed by atoms with Crippen LogP contribution in [0.3, 0.4) is 0 Å². The van der Waals surface area contributed by atoms with Crippen molar-refractivity contribution in [2.24, 2.45) is 0 Å². The summed E-state index contributed by atoms with van der Waals surface area (Å²) in [5.74, 6) is 1.33. The number of nitrogens with zero attached hydrogens (tertiary/aromatic N) is 3. The molecule has 1 aliphatic carbocycles. The van der Waals surface area contributed by atoms with Gasteiger partial charge in [-0.05, 0) is 18.9 Å². The van der Waals surface area contributed by atoms with Crippen LogP contribution in [0.5, 0.6) is 0 Å². The first kappa shape index (κ1) is 10.1. The Morgan fingerprint density at radius 1 is 1.40 bits per heavy atom. The zero-order chi connectivity index (χ0) is 10.7. The molecule has 0 saturated heterocycles. The van der Waals surface area contributed by atoms with Crippen molar-refractivity contribution in [1.82, 2.24) is 9.97 Å². The fourth-order valence-corrected chi connectivity index (χ4v) is 1.99. The van der Waals surface area contributed by atoms with Gasteiger partial charge in [-0.15, -0.1) is 0 Å². The first-order chi connectivity index (χ1) is 7.27. The van der Waals surface area contributed by atoms with E-state index in [1.165, 1.54) is 0 Å². The molecule has 0 bridgehead atoms. The number of aromatic nitrogens is 2. The largest absolute Gasteiger partial charge is 0.357 e. The Hall–Kier alpha value is -1.45. The lowest BCUT2D eigenvalue weighted by Crippen LogP contribution is -2.35. The van der Waals surface area contributed by atoms with E-state index in [0.717, 1.165) is 18.7 Å². The fourth-order valence-electron chi connectivity index (χ4n) is 1.99. The Morgan fingerprint density at radius 3 is 2.73 bits per heavy atom.